The Bertz CT molecular complexity index is 1030. The van der Waals surface area contributed by atoms with Crippen molar-refractivity contribution >= 4 is 21.6 Å². The monoisotopic (exact) mass is 389 g/mol. The number of amidine groups is 1. The van der Waals surface area contributed by atoms with Gasteiger partial charge in [-0.15, -0.1) is 0 Å². The molecule has 0 fully saturated rings. The molecule has 2 aromatic rings. The molecule has 0 spiro atoms. The van der Waals surface area contributed by atoms with E-state index in [-0.39, 0.29) is 27.6 Å². The van der Waals surface area contributed by atoms with Crippen LogP contribution in [0.3, 0.4) is 0 Å². The Hall–Kier alpha value is -2.71. The fourth-order valence-corrected chi connectivity index (χ4v) is 4.61. The zero-order chi connectivity index (χ0) is 20.5. The van der Waals surface area contributed by atoms with Gasteiger partial charge < -0.3 is 16.6 Å². The molecule has 0 aromatic heterocycles. The molecule has 8 heteroatoms. The Morgan fingerprint density at radius 1 is 1.11 bits per heavy atom. The van der Waals surface area contributed by atoms with Crippen molar-refractivity contribution in [3.05, 3.63) is 58.1 Å². The van der Waals surface area contributed by atoms with Gasteiger partial charge in [-0.1, -0.05) is 6.07 Å². The van der Waals surface area contributed by atoms with Gasteiger partial charge in [-0.2, -0.15) is 0 Å². The molecule has 7 nitrogen and oxygen atoms in total. The first-order chi connectivity index (χ1) is 12.5. The third-order valence-electron chi connectivity index (χ3n) is 4.72. The molecule has 1 atom stereocenters. The molecule has 0 saturated heterocycles. The van der Waals surface area contributed by atoms with Crippen molar-refractivity contribution in [1.29, 1.82) is 5.41 Å². The lowest BCUT2D eigenvalue weighted by Crippen LogP contribution is -2.33. The van der Waals surface area contributed by atoms with Crippen LogP contribution in [-0.4, -0.2) is 31.4 Å². The van der Waals surface area contributed by atoms with Gasteiger partial charge in [0, 0.05) is 5.56 Å². The first-order valence-corrected chi connectivity index (χ1v) is 9.72. The highest BCUT2D eigenvalue weighted by molar-refractivity contribution is 7.91. The highest BCUT2D eigenvalue weighted by Gasteiger charge is 2.26. The summed E-state index contributed by atoms with van der Waals surface area (Å²) in [6.45, 7) is 5.49. The molecule has 0 saturated carbocycles. The van der Waals surface area contributed by atoms with Crippen molar-refractivity contribution in [3.8, 4) is 0 Å². The maximum atomic E-state index is 13.3. The molecular formula is C19H23N3O4S. The van der Waals surface area contributed by atoms with Crippen LogP contribution in [0, 0.1) is 26.2 Å². The number of hydrogen-bond donors (Lipinski definition) is 4. The van der Waals surface area contributed by atoms with Gasteiger partial charge in [-0.05, 0) is 73.7 Å². The molecule has 144 valence electrons. The normalized spacial score (nSPS) is 12.6. The molecule has 2 aromatic carbocycles. The SMILES string of the molecule is Cc1ccc(S(=O)(=O)c2ccc(C(=N)N)cc2CC(N)C(=O)O)c(C)c1C. The minimum atomic E-state index is -3.91. The van der Waals surface area contributed by atoms with Crippen molar-refractivity contribution in [1.82, 2.24) is 0 Å². The first-order valence-electron chi connectivity index (χ1n) is 8.24. The van der Waals surface area contributed by atoms with Crippen LogP contribution in [0.15, 0.2) is 40.1 Å². The predicted molar refractivity (Wildman–Crippen MR) is 103 cm³/mol. The third kappa shape index (κ3) is 4.01. The van der Waals surface area contributed by atoms with Gasteiger partial charge >= 0.3 is 5.97 Å². The summed E-state index contributed by atoms with van der Waals surface area (Å²) in [4.78, 5) is 11.3. The van der Waals surface area contributed by atoms with Crippen LogP contribution in [0.25, 0.3) is 0 Å². The third-order valence-corrected chi connectivity index (χ3v) is 6.71. The maximum Gasteiger partial charge on any atom is 0.320 e. The molecule has 0 aliphatic carbocycles. The second-order valence-corrected chi connectivity index (χ2v) is 8.41. The number of carbonyl (C=O) groups is 1. The van der Waals surface area contributed by atoms with E-state index < -0.39 is 21.8 Å². The first kappa shape index (κ1) is 20.6. The minimum absolute atomic E-state index is 0.0319. The number of benzene rings is 2. The molecule has 0 heterocycles. The van der Waals surface area contributed by atoms with Crippen LogP contribution in [0.4, 0.5) is 0 Å². The number of nitrogen functional groups attached to an aromatic ring is 1. The Labute approximate surface area is 158 Å². The van der Waals surface area contributed by atoms with E-state index in [4.69, 9.17) is 22.0 Å². The number of sulfone groups is 1. The van der Waals surface area contributed by atoms with Gasteiger partial charge in [0.05, 0.1) is 9.79 Å². The molecule has 1 unspecified atom stereocenters. The van der Waals surface area contributed by atoms with Crippen LogP contribution in [0.1, 0.15) is 27.8 Å². The van der Waals surface area contributed by atoms with Gasteiger partial charge in [-0.25, -0.2) is 8.42 Å². The van der Waals surface area contributed by atoms with Gasteiger partial charge in [-0.3, -0.25) is 10.2 Å². The predicted octanol–water partition coefficient (Wildman–Crippen LogP) is 1.68. The summed E-state index contributed by atoms with van der Waals surface area (Å²) in [6.07, 6.45) is -0.199. The quantitative estimate of drug-likeness (QED) is 0.436. The number of carboxylic acids is 1. The molecule has 0 aliphatic heterocycles. The van der Waals surface area contributed by atoms with E-state index >= 15 is 0 Å². The van der Waals surface area contributed by atoms with E-state index in [1.54, 1.807) is 19.1 Å². The molecular weight excluding hydrogens is 366 g/mol. The Morgan fingerprint density at radius 3 is 2.26 bits per heavy atom. The number of hydrogen-bond acceptors (Lipinski definition) is 5. The van der Waals surface area contributed by atoms with Crippen LogP contribution in [0.5, 0.6) is 0 Å². The number of rotatable bonds is 6. The number of aliphatic carboxylic acids is 1. The number of nitrogens with two attached hydrogens (primary N) is 2. The van der Waals surface area contributed by atoms with Crippen molar-refractivity contribution in [2.24, 2.45) is 11.5 Å². The largest absolute Gasteiger partial charge is 0.480 e. The lowest BCUT2D eigenvalue weighted by atomic mass is 10.0. The van der Waals surface area contributed by atoms with Crippen molar-refractivity contribution < 1.29 is 18.3 Å². The maximum absolute atomic E-state index is 13.3. The number of nitrogens with one attached hydrogen (secondary N) is 1. The minimum Gasteiger partial charge on any atom is -0.480 e. The standard InChI is InChI=1S/C19H23N3O4S/c1-10-4-6-16(12(3)11(10)2)27(25,26)17-7-5-13(18(21)22)8-14(17)9-15(20)19(23)24/h4-8,15H,9,20H2,1-3H3,(H3,21,22)(H,23,24). The summed E-state index contributed by atoms with van der Waals surface area (Å²) in [5.74, 6) is -1.49. The van der Waals surface area contributed by atoms with E-state index in [9.17, 15) is 13.2 Å². The Kier molecular flexibility index (Phi) is 5.72. The van der Waals surface area contributed by atoms with E-state index in [0.29, 0.717) is 11.1 Å². The van der Waals surface area contributed by atoms with Gasteiger partial charge in [0.15, 0.2) is 0 Å². The summed E-state index contributed by atoms with van der Waals surface area (Å²) < 4.78 is 26.6. The molecule has 0 radical (unpaired) electrons. The summed E-state index contributed by atoms with van der Waals surface area (Å²) in [6, 6.07) is 6.21. The van der Waals surface area contributed by atoms with E-state index in [1.807, 2.05) is 13.8 Å². The average Bonchev–Trinajstić information content (AvgIpc) is 2.59. The lowest BCUT2D eigenvalue weighted by molar-refractivity contribution is -0.138. The van der Waals surface area contributed by atoms with E-state index in [0.717, 1.165) is 11.1 Å². The number of carboxylic acid groups (broad SMARTS) is 1. The van der Waals surface area contributed by atoms with E-state index in [2.05, 4.69) is 0 Å². The van der Waals surface area contributed by atoms with Crippen LogP contribution in [-0.2, 0) is 21.1 Å². The summed E-state index contributed by atoms with van der Waals surface area (Å²) in [5, 5.41) is 16.7. The van der Waals surface area contributed by atoms with Crippen molar-refractivity contribution in [2.75, 3.05) is 0 Å². The highest BCUT2D eigenvalue weighted by atomic mass is 32.2. The molecule has 0 aliphatic rings. The highest BCUT2D eigenvalue weighted by Crippen LogP contribution is 2.30. The molecule has 2 rings (SSSR count). The lowest BCUT2D eigenvalue weighted by Gasteiger charge is -2.17. The average molecular weight is 389 g/mol. The van der Waals surface area contributed by atoms with Gasteiger partial charge in [0.25, 0.3) is 0 Å². The second-order valence-electron chi connectivity index (χ2n) is 6.52. The molecule has 0 amide bonds. The van der Waals surface area contributed by atoms with Gasteiger partial charge in [0.2, 0.25) is 9.84 Å². The summed E-state index contributed by atoms with van der Waals surface area (Å²) in [7, 11) is -3.91. The zero-order valence-electron chi connectivity index (χ0n) is 15.4. The summed E-state index contributed by atoms with van der Waals surface area (Å²) >= 11 is 0. The molecule has 27 heavy (non-hydrogen) atoms. The molecule has 0 bridgehead atoms. The van der Waals surface area contributed by atoms with Crippen LogP contribution < -0.4 is 11.5 Å². The Morgan fingerprint density at radius 2 is 1.70 bits per heavy atom. The zero-order valence-corrected chi connectivity index (χ0v) is 16.2. The van der Waals surface area contributed by atoms with Crippen LogP contribution >= 0.6 is 0 Å². The van der Waals surface area contributed by atoms with Crippen LogP contribution in [0.2, 0.25) is 0 Å². The fraction of sp³-hybridized carbons (Fsp3) is 0.263. The Balaban J connectivity index is 2.70. The smallest absolute Gasteiger partial charge is 0.320 e. The van der Waals surface area contributed by atoms with Gasteiger partial charge in [0.1, 0.15) is 11.9 Å². The van der Waals surface area contributed by atoms with Crippen molar-refractivity contribution in [2.45, 2.75) is 43.0 Å². The van der Waals surface area contributed by atoms with Crippen molar-refractivity contribution in [3.63, 3.8) is 0 Å². The molecule has 6 N–H and O–H groups in total. The van der Waals surface area contributed by atoms with E-state index in [1.165, 1.54) is 18.2 Å². The second kappa shape index (κ2) is 7.50. The fourth-order valence-electron chi connectivity index (χ4n) is 2.83. The summed E-state index contributed by atoms with van der Waals surface area (Å²) in [5.41, 5.74) is 14.1. The number of aryl methyl sites for hydroxylation is 1. The topological polar surface area (TPSA) is 147 Å².